The number of nitrogens with zero attached hydrogens (tertiary/aromatic N) is 2. The van der Waals surface area contributed by atoms with E-state index in [2.05, 4.69) is 10.1 Å². The Kier molecular flexibility index (Phi) is 3.29. The lowest BCUT2D eigenvalue weighted by Gasteiger charge is -2.07. The Bertz CT molecular complexity index is 810. The van der Waals surface area contributed by atoms with Crippen LogP contribution in [0.25, 0.3) is 11.4 Å². The smallest absolute Gasteiger partial charge is 0.230 e. The summed E-state index contributed by atoms with van der Waals surface area (Å²) in [4.78, 5) is 4.53. The molecule has 1 aromatic carbocycles. The summed E-state index contributed by atoms with van der Waals surface area (Å²) in [5.41, 5.74) is 0.776. The van der Waals surface area contributed by atoms with Gasteiger partial charge < -0.3 is 18.4 Å². The Morgan fingerprint density at radius 1 is 1.13 bits per heavy atom. The normalized spacial score (nSPS) is 19.6. The summed E-state index contributed by atoms with van der Waals surface area (Å²) in [6.07, 6.45) is 2.65. The SMILES string of the molecule is COc1ccc(-c2noc([C@H]3C[C@@H]3c3ccco3)n2)c(OC)c1. The zero-order chi connectivity index (χ0) is 15.8. The maximum atomic E-state index is 5.44. The molecule has 0 unspecified atom stereocenters. The van der Waals surface area contributed by atoms with Crippen molar-refractivity contribution in [3.8, 4) is 22.9 Å². The van der Waals surface area contributed by atoms with E-state index in [1.54, 1.807) is 26.5 Å². The summed E-state index contributed by atoms with van der Waals surface area (Å²) in [7, 11) is 3.22. The van der Waals surface area contributed by atoms with Gasteiger partial charge in [-0.3, -0.25) is 0 Å². The van der Waals surface area contributed by atoms with Crippen molar-refractivity contribution in [3.05, 3.63) is 48.2 Å². The first-order valence-corrected chi connectivity index (χ1v) is 7.39. The lowest BCUT2D eigenvalue weighted by molar-refractivity contribution is 0.375. The summed E-state index contributed by atoms with van der Waals surface area (Å²) in [5, 5.41) is 4.09. The average molecular weight is 312 g/mol. The highest BCUT2D eigenvalue weighted by molar-refractivity contribution is 5.65. The average Bonchev–Trinajstić information content (AvgIpc) is 3.03. The number of benzene rings is 1. The largest absolute Gasteiger partial charge is 0.497 e. The number of hydrogen-bond donors (Lipinski definition) is 0. The van der Waals surface area contributed by atoms with Gasteiger partial charge in [0.05, 0.1) is 26.0 Å². The first-order chi connectivity index (χ1) is 11.3. The lowest BCUT2D eigenvalue weighted by Crippen LogP contribution is -1.91. The molecule has 23 heavy (non-hydrogen) atoms. The van der Waals surface area contributed by atoms with Crippen LogP contribution in [0.3, 0.4) is 0 Å². The van der Waals surface area contributed by atoms with Crippen molar-refractivity contribution >= 4 is 0 Å². The second-order valence-electron chi connectivity index (χ2n) is 5.49. The number of rotatable bonds is 5. The molecule has 2 aromatic heterocycles. The van der Waals surface area contributed by atoms with Crippen molar-refractivity contribution < 1.29 is 18.4 Å². The van der Waals surface area contributed by atoms with E-state index < -0.39 is 0 Å². The number of aromatic nitrogens is 2. The second-order valence-corrected chi connectivity index (χ2v) is 5.49. The number of ether oxygens (including phenoxy) is 2. The van der Waals surface area contributed by atoms with Gasteiger partial charge in [-0.15, -0.1) is 0 Å². The number of furan rings is 1. The Balaban J connectivity index is 1.59. The molecule has 3 aromatic rings. The number of hydrogen-bond acceptors (Lipinski definition) is 6. The summed E-state index contributed by atoms with van der Waals surface area (Å²) >= 11 is 0. The molecule has 1 saturated carbocycles. The second kappa shape index (κ2) is 5.46. The lowest BCUT2D eigenvalue weighted by atomic mass is 10.2. The molecule has 0 radical (unpaired) electrons. The fraction of sp³-hybridized carbons (Fsp3) is 0.294. The molecule has 2 heterocycles. The molecule has 4 rings (SSSR count). The van der Waals surface area contributed by atoms with Crippen molar-refractivity contribution in [1.82, 2.24) is 10.1 Å². The fourth-order valence-corrected chi connectivity index (χ4v) is 2.76. The van der Waals surface area contributed by atoms with E-state index in [1.165, 1.54) is 0 Å². The molecule has 1 aliphatic rings. The third-order valence-corrected chi connectivity index (χ3v) is 4.11. The van der Waals surface area contributed by atoms with Crippen LogP contribution in [-0.4, -0.2) is 24.4 Å². The van der Waals surface area contributed by atoms with E-state index in [1.807, 2.05) is 24.3 Å². The minimum absolute atomic E-state index is 0.228. The predicted octanol–water partition coefficient (Wildman–Crippen LogP) is 3.62. The highest BCUT2D eigenvalue weighted by Crippen LogP contribution is 2.54. The van der Waals surface area contributed by atoms with Crippen molar-refractivity contribution in [2.75, 3.05) is 14.2 Å². The van der Waals surface area contributed by atoms with E-state index in [0.717, 1.165) is 23.5 Å². The van der Waals surface area contributed by atoms with Gasteiger partial charge in [-0.2, -0.15) is 4.98 Å². The molecular weight excluding hydrogens is 296 g/mol. The van der Waals surface area contributed by atoms with Gasteiger partial charge in [-0.1, -0.05) is 5.16 Å². The monoisotopic (exact) mass is 312 g/mol. The molecule has 0 saturated heterocycles. The molecule has 2 atom stereocenters. The number of methoxy groups -OCH3 is 2. The van der Waals surface area contributed by atoms with E-state index in [9.17, 15) is 0 Å². The van der Waals surface area contributed by atoms with E-state index >= 15 is 0 Å². The van der Waals surface area contributed by atoms with Gasteiger partial charge in [0.2, 0.25) is 11.7 Å². The van der Waals surface area contributed by atoms with Crippen LogP contribution in [0.1, 0.15) is 29.9 Å². The Labute approximate surface area is 133 Å². The highest BCUT2D eigenvalue weighted by Gasteiger charge is 2.45. The Morgan fingerprint density at radius 2 is 2.04 bits per heavy atom. The van der Waals surface area contributed by atoms with Crippen LogP contribution in [-0.2, 0) is 0 Å². The van der Waals surface area contributed by atoms with Crippen LogP contribution in [0.5, 0.6) is 11.5 Å². The molecule has 0 amide bonds. The topological polar surface area (TPSA) is 70.5 Å². The van der Waals surface area contributed by atoms with Crippen molar-refractivity contribution in [2.24, 2.45) is 0 Å². The summed E-state index contributed by atoms with van der Waals surface area (Å²) < 4.78 is 21.5. The highest BCUT2D eigenvalue weighted by atomic mass is 16.5. The van der Waals surface area contributed by atoms with E-state index in [-0.39, 0.29) is 5.92 Å². The Morgan fingerprint density at radius 3 is 2.78 bits per heavy atom. The molecule has 118 valence electrons. The van der Waals surface area contributed by atoms with Gasteiger partial charge in [0.15, 0.2) is 0 Å². The third-order valence-electron chi connectivity index (χ3n) is 4.11. The molecular formula is C17H16N2O4. The third kappa shape index (κ3) is 2.46. The van der Waals surface area contributed by atoms with Crippen molar-refractivity contribution in [2.45, 2.75) is 18.3 Å². The first kappa shape index (κ1) is 13.9. The minimum Gasteiger partial charge on any atom is -0.497 e. The van der Waals surface area contributed by atoms with Gasteiger partial charge in [-0.05, 0) is 30.7 Å². The van der Waals surface area contributed by atoms with Gasteiger partial charge in [0.1, 0.15) is 17.3 Å². The van der Waals surface area contributed by atoms with Crippen LogP contribution in [0.15, 0.2) is 45.5 Å². The van der Waals surface area contributed by atoms with E-state index in [0.29, 0.717) is 23.4 Å². The minimum atomic E-state index is 0.228. The van der Waals surface area contributed by atoms with Crippen LogP contribution in [0, 0.1) is 0 Å². The Hall–Kier alpha value is -2.76. The first-order valence-electron chi connectivity index (χ1n) is 7.39. The molecule has 0 aliphatic heterocycles. The maximum absolute atomic E-state index is 5.44. The fourth-order valence-electron chi connectivity index (χ4n) is 2.76. The van der Waals surface area contributed by atoms with Crippen LogP contribution < -0.4 is 9.47 Å². The van der Waals surface area contributed by atoms with Crippen molar-refractivity contribution in [1.29, 1.82) is 0 Å². The molecule has 6 heteroatoms. The molecule has 0 spiro atoms. The standard InChI is InChI=1S/C17H16N2O4/c1-20-10-5-6-11(15(8-10)21-2)16-18-17(23-19-16)13-9-12(13)14-4-3-7-22-14/h3-8,12-13H,9H2,1-2H3/t12-,13-/m0/s1. The van der Waals surface area contributed by atoms with Crippen molar-refractivity contribution in [3.63, 3.8) is 0 Å². The zero-order valence-electron chi connectivity index (χ0n) is 12.9. The zero-order valence-corrected chi connectivity index (χ0v) is 12.9. The van der Waals surface area contributed by atoms with Crippen LogP contribution in [0.4, 0.5) is 0 Å². The summed E-state index contributed by atoms with van der Waals surface area (Å²) in [6.45, 7) is 0. The van der Waals surface area contributed by atoms with Gasteiger partial charge in [-0.25, -0.2) is 0 Å². The van der Waals surface area contributed by atoms with Crippen LogP contribution in [0.2, 0.25) is 0 Å². The van der Waals surface area contributed by atoms with Gasteiger partial charge >= 0.3 is 0 Å². The quantitative estimate of drug-likeness (QED) is 0.716. The molecule has 6 nitrogen and oxygen atoms in total. The van der Waals surface area contributed by atoms with Gasteiger partial charge in [0, 0.05) is 17.9 Å². The molecule has 1 fully saturated rings. The van der Waals surface area contributed by atoms with Gasteiger partial charge in [0.25, 0.3) is 0 Å². The summed E-state index contributed by atoms with van der Waals surface area (Å²) in [5.74, 6) is 4.05. The predicted molar refractivity (Wildman–Crippen MR) is 81.6 cm³/mol. The maximum Gasteiger partial charge on any atom is 0.230 e. The molecule has 0 N–H and O–H groups in total. The van der Waals surface area contributed by atoms with Crippen LogP contribution >= 0.6 is 0 Å². The van der Waals surface area contributed by atoms with E-state index in [4.69, 9.17) is 18.4 Å². The summed E-state index contributed by atoms with van der Waals surface area (Å²) in [6, 6.07) is 9.38. The molecule has 1 aliphatic carbocycles. The molecule has 0 bridgehead atoms.